The van der Waals surface area contributed by atoms with Crippen LogP contribution in [0.15, 0.2) is 24.3 Å². The molecule has 0 spiro atoms. The number of benzene rings is 1. The minimum absolute atomic E-state index is 0.0389. The molecular formula is C17H25N3O3. The molecular weight excluding hydrogens is 294 g/mol. The Labute approximate surface area is 137 Å². The third-order valence-corrected chi connectivity index (χ3v) is 3.95. The lowest BCUT2D eigenvalue weighted by Crippen LogP contribution is -2.34. The third-order valence-electron chi connectivity index (χ3n) is 3.95. The zero-order valence-corrected chi connectivity index (χ0v) is 14.0. The van der Waals surface area contributed by atoms with Gasteiger partial charge in [-0.2, -0.15) is 0 Å². The number of carbonyl (C=O) groups is 2. The lowest BCUT2D eigenvalue weighted by Gasteiger charge is -2.19. The Hall–Kier alpha value is -2.08. The maximum absolute atomic E-state index is 12.3. The number of ether oxygens (including phenoxy) is 1. The fraction of sp³-hybridized carbons (Fsp3) is 0.529. The standard InChI is InChI=1S/C17H25N3O3/c1-19(2)10-6-9-18-17(22)13-11-16(21)20(12-13)14-7-4-5-8-15(14)23-3/h4-5,7-8,13H,6,9-12H2,1-3H3,(H,18,22). The van der Waals surface area contributed by atoms with Crippen molar-refractivity contribution in [3.8, 4) is 5.75 Å². The van der Waals surface area contributed by atoms with E-state index in [2.05, 4.69) is 10.2 Å². The van der Waals surface area contributed by atoms with Crippen molar-refractivity contribution >= 4 is 17.5 Å². The van der Waals surface area contributed by atoms with Gasteiger partial charge in [-0.05, 0) is 39.2 Å². The van der Waals surface area contributed by atoms with Crippen LogP contribution < -0.4 is 15.0 Å². The van der Waals surface area contributed by atoms with Crippen molar-refractivity contribution < 1.29 is 14.3 Å². The van der Waals surface area contributed by atoms with Gasteiger partial charge in [-0.15, -0.1) is 0 Å². The van der Waals surface area contributed by atoms with Crippen molar-refractivity contribution in [1.82, 2.24) is 10.2 Å². The highest BCUT2D eigenvalue weighted by Gasteiger charge is 2.35. The van der Waals surface area contributed by atoms with Crippen LogP contribution in [0, 0.1) is 5.92 Å². The first-order valence-electron chi connectivity index (χ1n) is 7.88. The zero-order valence-electron chi connectivity index (χ0n) is 14.0. The van der Waals surface area contributed by atoms with Crippen molar-refractivity contribution in [2.75, 3.05) is 45.7 Å². The number of para-hydroxylation sites is 2. The number of nitrogens with zero attached hydrogens (tertiary/aromatic N) is 2. The Morgan fingerprint density at radius 1 is 1.39 bits per heavy atom. The van der Waals surface area contributed by atoms with E-state index in [0.717, 1.165) is 18.7 Å². The second-order valence-corrected chi connectivity index (χ2v) is 6.03. The molecule has 126 valence electrons. The maximum Gasteiger partial charge on any atom is 0.227 e. The SMILES string of the molecule is COc1ccccc1N1CC(C(=O)NCCCN(C)C)CC1=O. The van der Waals surface area contributed by atoms with E-state index in [9.17, 15) is 9.59 Å². The normalized spacial score (nSPS) is 17.7. The number of nitrogens with one attached hydrogen (secondary N) is 1. The Morgan fingerprint density at radius 2 is 2.13 bits per heavy atom. The summed E-state index contributed by atoms with van der Waals surface area (Å²) in [6.45, 7) is 1.96. The van der Waals surface area contributed by atoms with E-state index in [-0.39, 0.29) is 24.2 Å². The van der Waals surface area contributed by atoms with Gasteiger partial charge in [0, 0.05) is 19.5 Å². The van der Waals surface area contributed by atoms with Gasteiger partial charge in [0.05, 0.1) is 18.7 Å². The van der Waals surface area contributed by atoms with E-state index < -0.39 is 0 Å². The molecule has 6 nitrogen and oxygen atoms in total. The molecule has 6 heteroatoms. The van der Waals surface area contributed by atoms with E-state index in [1.54, 1.807) is 12.0 Å². The smallest absolute Gasteiger partial charge is 0.227 e. The van der Waals surface area contributed by atoms with E-state index in [0.29, 0.717) is 18.8 Å². The van der Waals surface area contributed by atoms with Crippen molar-refractivity contribution in [3.05, 3.63) is 24.3 Å². The van der Waals surface area contributed by atoms with Crippen LogP contribution in [0.1, 0.15) is 12.8 Å². The average molecular weight is 319 g/mol. The fourth-order valence-corrected chi connectivity index (χ4v) is 2.72. The largest absolute Gasteiger partial charge is 0.495 e. The van der Waals surface area contributed by atoms with Crippen LogP contribution in [0.4, 0.5) is 5.69 Å². The van der Waals surface area contributed by atoms with Gasteiger partial charge in [0.15, 0.2) is 0 Å². The molecule has 0 bridgehead atoms. The lowest BCUT2D eigenvalue weighted by atomic mass is 10.1. The Bertz CT molecular complexity index is 560. The predicted octanol–water partition coefficient (Wildman–Crippen LogP) is 1.12. The minimum atomic E-state index is -0.299. The first kappa shape index (κ1) is 17.3. The molecule has 1 saturated heterocycles. The van der Waals surface area contributed by atoms with E-state index in [1.807, 2.05) is 38.4 Å². The molecule has 0 aliphatic carbocycles. The van der Waals surface area contributed by atoms with Gasteiger partial charge < -0.3 is 19.9 Å². The highest BCUT2D eigenvalue weighted by Crippen LogP contribution is 2.32. The molecule has 1 aromatic rings. The van der Waals surface area contributed by atoms with Crippen LogP contribution >= 0.6 is 0 Å². The lowest BCUT2D eigenvalue weighted by molar-refractivity contribution is -0.126. The number of carbonyl (C=O) groups excluding carboxylic acids is 2. The van der Waals surface area contributed by atoms with E-state index in [4.69, 9.17) is 4.74 Å². The molecule has 23 heavy (non-hydrogen) atoms. The van der Waals surface area contributed by atoms with Crippen molar-refractivity contribution in [2.24, 2.45) is 5.92 Å². The van der Waals surface area contributed by atoms with Crippen LogP contribution in [0.3, 0.4) is 0 Å². The maximum atomic E-state index is 12.3. The number of rotatable bonds is 7. The summed E-state index contributed by atoms with van der Waals surface area (Å²) in [5, 5.41) is 2.93. The summed E-state index contributed by atoms with van der Waals surface area (Å²) in [5.41, 5.74) is 0.725. The van der Waals surface area contributed by atoms with Crippen LogP contribution in [0.25, 0.3) is 0 Å². The van der Waals surface area contributed by atoms with Gasteiger partial charge in [0.1, 0.15) is 5.75 Å². The monoisotopic (exact) mass is 319 g/mol. The Kier molecular flexibility index (Phi) is 5.98. The van der Waals surface area contributed by atoms with Gasteiger partial charge in [-0.1, -0.05) is 12.1 Å². The molecule has 0 radical (unpaired) electrons. The van der Waals surface area contributed by atoms with Crippen LogP contribution in [0.5, 0.6) is 5.75 Å². The highest BCUT2D eigenvalue weighted by molar-refractivity contribution is 6.01. The number of hydrogen-bond donors (Lipinski definition) is 1. The predicted molar refractivity (Wildman–Crippen MR) is 89.6 cm³/mol. The molecule has 1 atom stereocenters. The van der Waals surface area contributed by atoms with Crippen molar-refractivity contribution in [1.29, 1.82) is 0 Å². The summed E-state index contributed by atoms with van der Waals surface area (Å²) in [6.07, 6.45) is 1.15. The molecule has 1 N–H and O–H groups in total. The summed E-state index contributed by atoms with van der Waals surface area (Å²) in [6, 6.07) is 7.38. The molecule has 1 heterocycles. The molecule has 2 amide bonds. The van der Waals surface area contributed by atoms with E-state index >= 15 is 0 Å². The fourth-order valence-electron chi connectivity index (χ4n) is 2.72. The first-order chi connectivity index (χ1) is 11.0. The third kappa shape index (κ3) is 4.45. The summed E-state index contributed by atoms with van der Waals surface area (Å²) >= 11 is 0. The molecule has 1 aliphatic rings. The second kappa shape index (κ2) is 7.97. The van der Waals surface area contributed by atoms with Gasteiger partial charge >= 0.3 is 0 Å². The minimum Gasteiger partial charge on any atom is -0.495 e. The molecule has 1 unspecified atom stereocenters. The van der Waals surface area contributed by atoms with Gasteiger partial charge in [0.2, 0.25) is 11.8 Å². The van der Waals surface area contributed by atoms with Gasteiger partial charge in [-0.3, -0.25) is 9.59 Å². The first-order valence-corrected chi connectivity index (χ1v) is 7.88. The highest BCUT2D eigenvalue weighted by atomic mass is 16.5. The topological polar surface area (TPSA) is 61.9 Å². The molecule has 0 aromatic heterocycles. The van der Waals surface area contributed by atoms with Gasteiger partial charge in [0.25, 0.3) is 0 Å². The summed E-state index contributed by atoms with van der Waals surface area (Å²) in [4.78, 5) is 28.2. The number of hydrogen-bond acceptors (Lipinski definition) is 4. The van der Waals surface area contributed by atoms with Crippen LogP contribution in [-0.2, 0) is 9.59 Å². The van der Waals surface area contributed by atoms with Crippen molar-refractivity contribution in [2.45, 2.75) is 12.8 Å². The van der Waals surface area contributed by atoms with Gasteiger partial charge in [-0.25, -0.2) is 0 Å². The zero-order chi connectivity index (χ0) is 16.8. The Morgan fingerprint density at radius 3 is 2.83 bits per heavy atom. The average Bonchev–Trinajstić information content (AvgIpc) is 2.93. The van der Waals surface area contributed by atoms with Crippen molar-refractivity contribution in [3.63, 3.8) is 0 Å². The van der Waals surface area contributed by atoms with E-state index in [1.165, 1.54) is 0 Å². The molecule has 1 aliphatic heterocycles. The number of methoxy groups -OCH3 is 1. The molecule has 1 aromatic carbocycles. The molecule has 0 saturated carbocycles. The summed E-state index contributed by atoms with van der Waals surface area (Å²) < 4.78 is 5.30. The number of amides is 2. The summed E-state index contributed by atoms with van der Waals surface area (Å²) in [5.74, 6) is 0.261. The van der Waals surface area contributed by atoms with Crippen LogP contribution in [-0.4, -0.2) is 57.6 Å². The second-order valence-electron chi connectivity index (χ2n) is 6.03. The molecule has 2 rings (SSSR count). The number of anilines is 1. The van der Waals surface area contributed by atoms with Crippen LogP contribution in [0.2, 0.25) is 0 Å². The summed E-state index contributed by atoms with van der Waals surface area (Å²) in [7, 11) is 5.58. The molecule has 1 fully saturated rings. The quantitative estimate of drug-likeness (QED) is 0.765. The Balaban J connectivity index is 1.93.